The second-order valence-electron chi connectivity index (χ2n) is 8.36. The van der Waals surface area contributed by atoms with E-state index in [2.05, 4.69) is 52.8 Å². The zero-order chi connectivity index (χ0) is 16.0. The third kappa shape index (κ3) is 2.94. The molecule has 0 amide bonds. The Morgan fingerprint density at radius 1 is 1.05 bits per heavy atom. The molecule has 2 N–H and O–H groups in total. The van der Waals surface area contributed by atoms with Crippen LogP contribution in [0, 0.1) is 22.7 Å². The number of hydrogen-bond donors (Lipinski definition) is 2. The summed E-state index contributed by atoms with van der Waals surface area (Å²) in [7, 11) is 0. The molecule has 3 nitrogen and oxygen atoms in total. The molecule has 3 atom stereocenters. The SMILES string of the molecule is CC1=C[C@H]([C@@H]2/C(=N\O)C=C(C)CC2(C)C)[C@H](O)C(C)(C)C1. The Morgan fingerprint density at radius 3 is 2.19 bits per heavy atom. The minimum atomic E-state index is -0.422. The number of aliphatic hydroxyl groups excluding tert-OH is 1. The first kappa shape index (κ1) is 16.3. The van der Waals surface area contributed by atoms with E-state index in [0.29, 0.717) is 5.71 Å². The van der Waals surface area contributed by atoms with Gasteiger partial charge in [-0.2, -0.15) is 0 Å². The largest absolute Gasteiger partial charge is 0.411 e. The van der Waals surface area contributed by atoms with Crippen LogP contribution in [0.4, 0.5) is 0 Å². The summed E-state index contributed by atoms with van der Waals surface area (Å²) >= 11 is 0. The molecule has 0 heterocycles. The first-order chi connectivity index (χ1) is 9.58. The van der Waals surface area contributed by atoms with Gasteiger partial charge in [0.15, 0.2) is 0 Å². The van der Waals surface area contributed by atoms with E-state index in [1.54, 1.807) is 0 Å². The molecule has 0 saturated carbocycles. The van der Waals surface area contributed by atoms with Gasteiger partial charge in [-0.1, -0.05) is 50.1 Å². The van der Waals surface area contributed by atoms with Crippen molar-refractivity contribution in [2.24, 2.45) is 27.8 Å². The molecule has 0 aromatic rings. The highest BCUT2D eigenvalue weighted by Gasteiger charge is 2.48. The van der Waals surface area contributed by atoms with Crippen molar-refractivity contribution in [2.45, 2.75) is 60.5 Å². The quantitative estimate of drug-likeness (QED) is 0.433. The van der Waals surface area contributed by atoms with E-state index in [1.165, 1.54) is 11.1 Å². The van der Waals surface area contributed by atoms with E-state index in [-0.39, 0.29) is 22.7 Å². The van der Waals surface area contributed by atoms with Crippen LogP contribution in [0.5, 0.6) is 0 Å². The van der Waals surface area contributed by atoms with Gasteiger partial charge in [0.1, 0.15) is 0 Å². The number of nitrogens with zero attached hydrogens (tertiary/aromatic N) is 1. The van der Waals surface area contributed by atoms with Crippen LogP contribution in [0.15, 0.2) is 28.5 Å². The molecule has 3 heteroatoms. The van der Waals surface area contributed by atoms with Crippen molar-refractivity contribution in [3.05, 3.63) is 23.3 Å². The lowest BCUT2D eigenvalue weighted by Gasteiger charge is -2.48. The van der Waals surface area contributed by atoms with Gasteiger partial charge in [0.25, 0.3) is 0 Å². The van der Waals surface area contributed by atoms with Crippen molar-refractivity contribution in [1.29, 1.82) is 0 Å². The van der Waals surface area contributed by atoms with Crippen molar-refractivity contribution in [3.63, 3.8) is 0 Å². The summed E-state index contributed by atoms with van der Waals surface area (Å²) in [5.41, 5.74) is 3.07. The number of rotatable bonds is 1. The molecule has 2 rings (SSSR count). The Labute approximate surface area is 128 Å². The van der Waals surface area contributed by atoms with Gasteiger partial charge in [0.05, 0.1) is 11.8 Å². The van der Waals surface area contributed by atoms with Crippen LogP contribution in [0.25, 0.3) is 0 Å². The standard InChI is InChI=1S/C18H29NO2/c1-11-7-13(16(20)18(5,6)10-11)15-14(19-21)8-12(2)9-17(15,3)4/h7-8,13,15-16,20-21H,9-10H2,1-6H3/b19-14-/t13-,15-,16+/m1/s1. The topological polar surface area (TPSA) is 52.8 Å². The molecule has 2 aliphatic rings. The molecule has 0 aliphatic heterocycles. The molecule has 2 aliphatic carbocycles. The van der Waals surface area contributed by atoms with Gasteiger partial charge in [0.2, 0.25) is 0 Å². The highest BCUT2D eigenvalue weighted by atomic mass is 16.4. The number of hydrogen-bond acceptors (Lipinski definition) is 3. The first-order valence-electron chi connectivity index (χ1n) is 7.83. The zero-order valence-electron chi connectivity index (χ0n) is 14.1. The molecule has 0 bridgehead atoms. The maximum Gasteiger partial charge on any atom is 0.0838 e. The fraction of sp³-hybridized carbons (Fsp3) is 0.722. The predicted octanol–water partition coefficient (Wildman–Crippen LogP) is 4.16. The molecule has 0 radical (unpaired) electrons. The van der Waals surface area contributed by atoms with E-state index in [4.69, 9.17) is 0 Å². The molecule has 0 fully saturated rings. The molecule has 21 heavy (non-hydrogen) atoms. The molecule has 0 unspecified atom stereocenters. The summed E-state index contributed by atoms with van der Waals surface area (Å²) in [6.07, 6.45) is 5.63. The smallest absolute Gasteiger partial charge is 0.0838 e. The predicted molar refractivity (Wildman–Crippen MR) is 86.5 cm³/mol. The van der Waals surface area contributed by atoms with E-state index in [1.807, 2.05) is 6.08 Å². The fourth-order valence-electron chi connectivity index (χ4n) is 4.53. The van der Waals surface area contributed by atoms with Crippen molar-refractivity contribution < 1.29 is 10.3 Å². The Morgan fingerprint density at radius 2 is 1.62 bits per heavy atom. The van der Waals surface area contributed by atoms with Gasteiger partial charge >= 0.3 is 0 Å². The van der Waals surface area contributed by atoms with Crippen molar-refractivity contribution in [1.82, 2.24) is 0 Å². The first-order valence-corrected chi connectivity index (χ1v) is 7.83. The summed E-state index contributed by atoms with van der Waals surface area (Å²) in [6.45, 7) is 12.9. The van der Waals surface area contributed by atoms with Gasteiger partial charge in [-0.15, -0.1) is 0 Å². The van der Waals surface area contributed by atoms with Crippen molar-refractivity contribution >= 4 is 5.71 Å². The summed E-state index contributed by atoms with van der Waals surface area (Å²) < 4.78 is 0. The summed E-state index contributed by atoms with van der Waals surface area (Å²) in [4.78, 5) is 0. The van der Waals surface area contributed by atoms with E-state index in [0.717, 1.165) is 12.8 Å². The van der Waals surface area contributed by atoms with Gasteiger partial charge in [-0.3, -0.25) is 0 Å². The van der Waals surface area contributed by atoms with Gasteiger partial charge in [-0.05, 0) is 43.6 Å². The molecular weight excluding hydrogens is 262 g/mol. The summed E-state index contributed by atoms with van der Waals surface area (Å²) in [5.74, 6) is 0.0368. The molecule has 0 aromatic carbocycles. The number of allylic oxidation sites excluding steroid dienone is 3. The highest BCUT2D eigenvalue weighted by Crippen LogP contribution is 2.49. The second-order valence-corrected chi connectivity index (χ2v) is 8.36. The van der Waals surface area contributed by atoms with Crippen LogP contribution in [-0.2, 0) is 0 Å². The molecule has 0 spiro atoms. The average molecular weight is 291 g/mol. The molecular formula is C18H29NO2. The third-order valence-electron chi connectivity index (χ3n) is 5.17. The Kier molecular flexibility index (Phi) is 4.09. The number of oxime groups is 1. The number of aliphatic hydroxyl groups is 1. The van der Waals surface area contributed by atoms with Gasteiger partial charge in [0, 0.05) is 11.8 Å². The Bertz CT molecular complexity index is 511. The third-order valence-corrected chi connectivity index (χ3v) is 5.17. The van der Waals surface area contributed by atoms with Crippen LogP contribution in [0.2, 0.25) is 0 Å². The lowest BCUT2D eigenvalue weighted by atomic mass is 9.57. The fourth-order valence-corrected chi connectivity index (χ4v) is 4.53. The van der Waals surface area contributed by atoms with E-state index >= 15 is 0 Å². The Hall–Kier alpha value is -1.09. The molecule has 0 saturated heterocycles. The zero-order valence-corrected chi connectivity index (χ0v) is 14.1. The summed E-state index contributed by atoms with van der Waals surface area (Å²) in [6, 6.07) is 0. The lowest BCUT2D eigenvalue weighted by molar-refractivity contribution is -0.0191. The van der Waals surface area contributed by atoms with Crippen LogP contribution in [-0.4, -0.2) is 22.1 Å². The lowest BCUT2D eigenvalue weighted by Crippen LogP contribution is -2.49. The van der Waals surface area contributed by atoms with Crippen LogP contribution < -0.4 is 0 Å². The van der Waals surface area contributed by atoms with Gasteiger partial charge in [-0.25, -0.2) is 0 Å². The molecule has 118 valence electrons. The monoisotopic (exact) mass is 291 g/mol. The van der Waals surface area contributed by atoms with Crippen molar-refractivity contribution in [2.75, 3.05) is 0 Å². The van der Waals surface area contributed by atoms with E-state index in [9.17, 15) is 10.3 Å². The maximum atomic E-state index is 10.9. The minimum absolute atomic E-state index is 0.000926. The van der Waals surface area contributed by atoms with Crippen LogP contribution in [0.1, 0.15) is 54.4 Å². The molecule has 0 aromatic heterocycles. The van der Waals surface area contributed by atoms with Crippen LogP contribution in [0.3, 0.4) is 0 Å². The normalized spacial score (nSPS) is 37.1. The second kappa shape index (κ2) is 5.28. The Balaban J connectivity index is 2.50. The summed E-state index contributed by atoms with van der Waals surface area (Å²) in [5, 5.41) is 23.9. The van der Waals surface area contributed by atoms with Crippen molar-refractivity contribution in [3.8, 4) is 0 Å². The highest BCUT2D eigenvalue weighted by molar-refractivity contribution is 5.98. The average Bonchev–Trinajstić information content (AvgIpc) is 2.31. The van der Waals surface area contributed by atoms with E-state index < -0.39 is 6.10 Å². The minimum Gasteiger partial charge on any atom is -0.411 e. The van der Waals surface area contributed by atoms with Gasteiger partial charge < -0.3 is 10.3 Å². The van der Waals surface area contributed by atoms with Crippen LogP contribution >= 0.6 is 0 Å². The maximum absolute atomic E-state index is 10.9.